The standard InChI is InChI=1S/C30H31F2N5O3Si/c1-19-16-20(40-26-11-7-8-22(31)27(26)32)12-13-24(19)37-29(33)21(17-34-37)28(38)30-35-23-9-5-6-10-25(23)36(30)18-39-14-15-41(2,3)4/h5-13,16-17H,14-15,18,33H2,1-4H3. The predicted octanol–water partition coefficient (Wildman–Crippen LogP) is 6.73. The van der Waals surface area contributed by atoms with Crippen LogP contribution in [0.15, 0.2) is 66.9 Å². The van der Waals surface area contributed by atoms with Gasteiger partial charge in [0.25, 0.3) is 0 Å². The number of ether oxygens (including phenoxy) is 2. The van der Waals surface area contributed by atoms with Crippen LogP contribution in [0.2, 0.25) is 25.7 Å². The molecule has 0 aliphatic rings. The fourth-order valence-corrected chi connectivity index (χ4v) is 5.13. The van der Waals surface area contributed by atoms with Crippen LogP contribution in [0.5, 0.6) is 11.5 Å². The fourth-order valence-electron chi connectivity index (χ4n) is 4.38. The molecule has 0 aliphatic heterocycles. The van der Waals surface area contributed by atoms with E-state index in [-0.39, 0.29) is 35.5 Å². The zero-order valence-electron chi connectivity index (χ0n) is 23.3. The third kappa shape index (κ3) is 5.91. The van der Waals surface area contributed by atoms with Crippen LogP contribution < -0.4 is 10.5 Å². The summed E-state index contributed by atoms with van der Waals surface area (Å²) in [5, 5.41) is 4.38. The number of nitrogen functional groups attached to an aromatic ring is 1. The van der Waals surface area contributed by atoms with Gasteiger partial charge >= 0.3 is 0 Å². The van der Waals surface area contributed by atoms with Crippen molar-refractivity contribution in [1.29, 1.82) is 0 Å². The number of halogens is 2. The molecule has 0 unspecified atom stereocenters. The van der Waals surface area contributed by atoms with E-state index in [9.17, 15) is 13.6 Å². The molecule has 0 aliphatic carbocycles. The molecule has 2 heterocycles. The number of imidazole rings is 1. The summed E-state index contributed by atoms with van der Waals surface area (Å²) in [6, 6.07) is 17.2. The van der Waals surface area contributed by atoms with Gasteiger partial charge in [-0.2, -0.15) is 9.49 Å². The van der Waals surface area contributed by atoms with E-state index in [1.54, 1.807) is 29.7 Å². The first-order valence-electron chi connectivity index (χ1n) is 13.2. The second kappa shape index (κ2) is 11.3. The summed E-state index contributed by atoms with van der Waals surface area (Å²) in [6.07, 6.45) is 1.42. The number of fused-ring (bicyclic) bond motifs is 1. The molecule has 0 saturated carbocycles. The SMILES string of the molecule is Cc1cc(Oc2cccc(F)c2F)ccc1-n1ncc(C(=O)c2nc3ccccc3n2COCC[Si](C)(C)C)c1N. The van der Waals surface area contributed by atoms with E-state index in [0.717, 1.165) is 17.6 Å². The molecule has 0 radical (unpaired) electrons. The summed E-state index contributed by atoms with van der Waals surface area (Å²) in [5.41, 5.74) is 9.40. The highest BCUT2D eigenvalue weighted by atomic mass is 28.3. The van der Waals surface area contributed by atoms with Gasteiger partial charge in [-0.25, -0.2) is 14.1 Å². The molecular formula is C30H31F2N5O3Si. The van der Waals surface area contributed by atoms with E-state index < -0.39 is 19.7 Å². The van der Waals surface area contributed by atoms with Crippen molar-refractivity contribution in [3.05, 3.63) is 95.4 Å². The number of carbonyl (C=O) groups is 1. The summed E-state index contributed by atoms with van der Waals surface area (Å²) in [5.74, 6) is -2.01. The molecule has 5 aromatic rings. The Balaban J connectivity index is 1.42. The lowest BCUT2D eigenvalue weighted by molar-refractivity contribution is 0.0835. The van der Waals surface area contributed by atoms with Gasteiger partial charge in [-0.15, -0.1) is 0 Å². The molecule has 0 fully saturated rings. The van der Waals surface area contributed by atoms with Gasteiger partial charge in [0, 0.05) is 14.7 Å². The van der Waals surface area contributed by atoms with E-state index in [4.69, 9.17) is 15.2 Å². The Bertz CT molecular complexity index is 1740. The first-order valence-corrected chi connectivity index (χ1v) is 16.9. The van der Waals surface area contributed by atoms with Crippen molar-refractivity contribution >= 4 is 30.7 Å². The number of hydrogen-bond acceptors (Lipinski definition) is 6. The second-order valence-corrected chi connectivity index (χ2v) is 16.6. The van der Waals surface area contributed by atoms with Crippen LogP contribution in [-0.2, 0) is 11.5 Å². The Morgan fingerprint density at radius 2 is 1.83 bits per heavy atom. The molecule has 0 spiro atoms. The third-order valence-electron chi connectivity index (χ3n) is 6.67. The highest BCUT2D eigenvalue weighted by Crippen LogP contribution is 2.30. The summed E-state index contributed by atoms with van der Waals surface area (Å²) in [7, 11) is -1.27. The number of para-hydroxylation sites is 2. The Kier molecular flexibility index (Phi) is 7.74. The van der Waals surface area contributed by atoms with Crippen LogP contribution >= 0.6 is 0 Å². The van der Waals surface area contributed by atoms with Crippen molar-refractivity contribution in [1.82, 2.24) is 19.3 Å². The highest BCUT2D eigenvalue weighted by molar-refractivity contribution is 6.76. The van der Waals surface area contributed by atoms with Gasteiger partial charge in [0.2, 0.25) is 11.6 Å². The van der Waals surface area contributed by atoms with Crippen LogP contribution in [0.1, 0.15) is 21.7 Å². The topological polar surface area (TPSA) is 97.2 Å². The number of aromatic nitrogens is 4. The van der Waals surface area contributed by atoms with Crippen molar-refractivity contribution in [2.24, 2.45) is 0 Å². The molecule has 2 N–H and O–H groups in total. The summed E-state index contributed by atoms with van der Waals surface area (Å²) >= 11 is 0. The van der Waals surface area contributed by atoms with Gasteiger partial charge in [-0.05, 0) is 61.0 Å². The van der Waals surface area contributed by atoms with Crippen LogP contribution in [0.4, 0.5) is 14.6 Å². The number of nitrogens with two attached hydrogens (primary N) is 1. The first kappa shape index (κ1) is 28.2. The molecule has 41 heavy (non-hydrogen) atoms. The quantitative estimate of drug-likeness (QED) is 0.113. The second-order valence-electron chi connectivity index (χ2n) is 11.0. The normalized spacial score (nSPS) is 11.8. The minimum atomic E-state index is -1.27. The van der Waals surface area contributed by atoms with Crippen molar-refractivity contribution in [2.75, 3.05) is 12.3 Å². The van der Waals surface area contributed by atoms with E-state index in [1.807, 2.05) is 24.3 Å². The van der Waals surface area contributed by atoms with Gasteiger partial charge in [0.05, 0.1) is 28.5 Å². The maximum absolute atomic E-state index is 14.1. The number of benzene rings is 3. The van der Waals surface area contributed by atoms with E-state index in [1.165, 1.54) is 23.0 Å². The molecule has 5 rings (SSSR count). The average molecular weight is 576 g/mol. The lowest BCUT2D eigenvalue weighted by atomic mass is 10.1. The zero-order valence-corrected chi connectivity index (χ0v) is 24.3. The van der Waals surface area contributed by atoms with Gasteiger partial charge in [-0.1, -0.05) is 37.8 Å². The molecule has 0 saturated heterocycles. The number of nitrogens with zero attached hydrogens (tertiary/aromatic N) is 4. The number of aryl methyl sites for hydroxylation is 1. The number of ketones is 1. The molecule has 3 aromatic carbocycles. The zero-order chi connectivity index (χ0) is 29.3. The monoisotopic (exact) mass is 575 g/mol. The van der Waals surface area contributed by atoms with Crippen molar-refractivity contribution in [3.8, 4) is 17.2 Å². The van der Waals surface area contributed by atoms with Crippen LogP contribution in [0.25, 0.3) is 16.7 Å². The molecule has 0 amide bonds. The van der Waals surface area contributed by atoms with E-state index in [0.29, 0.717) is 29.1 Å². The Morgan fingerprint density at radius 1 is 1.05 bits per heavy atom. The highest BCUT2D eigenvalue weighted by Gasteiger charge is 2.25. The Hall–Kier alpha value is -4.35. The first-order chi connectivity index (χ1) is 19.5. The summed E-state index contributed by atoms with van der Waals surface area (Å²) < 4.78 is 42.4. The van der Waals surface area contributed by atoms with E-state index >= 15 is 0 Å². The largest absolute Gasteiger partial charge is 0.454 e. The minimum absolute atomic E-state index is 0.140. The Labute approximate surface area is 237 Å². The Morgan fingerprint density at radius 3 is 2.59 bits per heavy atom. The number of hydrogen-bond donors (Lipinski definition) is 1. The maximum Gasteiger partial charge on any atom is 0.233 e. The molecule has 0 atom stereocenters. The predicted molar refractivity (Wildman–Crippen MR) is 156 cm³/mol. The molecule has 2 aromatic heterocycles. The molecule has 11 heteroatoms. The van der Waals surface area contributed by atoms with Crippen LogP contribution in [0.3, 0.4) is 0 Å². The smallest absolute Gasteiger partial charge is 0.233 e. The van der Waals surface area contributed by atoms with Gasteiger partial charge in [0.1, 0.15) is 18.3 Å². The van der Waals surface area contributed by atoms with Crippen molar-refractivity contribution < 1.29 is 23.0 Å². The number of carbonyl (C=O) groups excluding carboxylic acids is 1. The van der Waals surface area contributed by atoms with E-state index in [2.05, 4.69) is 29.7 Å². The minimum Gasteiger partial charge on any atom is -0.454 e. The number of rotatable bonds is 10. The lowest BCUT2D eigenvalue weighted by Gasteiger charge is -2.16. The summed E-state index contributed by atoms with van der Waals surface area (Å²) in [6.45, 7) is 9.43. The van der Waals surface area contributed by atoms with Crippen LogP contribution in [-0.4, -0.2) is 39.8 Å². The summed E-state index contributed by atoms with van der Waals surface area (Å²) in [4.78, 5) is 18.3. The third-order valence-corrected chi connectivity index (χ3v) is 8.37. The molecular weight excluding hydrogens is 544 g/mol. The van der Waals surface area contributed by atoms with Gasteiger partial charge in [0.15, 0.2) is 17.4 Å². The molecule has 212 valence electrons. The average Bonchev–Trinajstić information content (AvgIpc) is 3.49. The van der Waals surface area contributed by atoms with Gasteiger partial charge < -0.3 is 15.2 Å². The maximum atomic E-state index is 14.1. The van der Waals surface area contributed by atoms with Crippen molar-refractivity contribution in [3.63, 3.8) is 0 Å². The van der Waals surface area contributed by atoms with Gasteiger partial charge in [-0.3, -0.25) is 9.36 Å². The van der Waals surface area contributed by atoms with Crippen molar-refractivity contribution in [2.45, 2.75) is 39.3 Å². The lowest BCUT2D eigenvalue weighted by Crippen LogP contribution is -2.22. The molecule has 0 bridgehead atoms. The van der Waals surface area contributed by atoms with Crippen LogP contribution in [0, 0.1) is 18.6 Å². The molecule has 8 nitrogen and oxygen atoms in total. The number of anilines is 1. The fraction of sp³-hybridized carbons (Fsp3) is 0.233.